The number of aryl methyl sites for hydroxylation is 1. The molecule has 36 heavy (non-hydrogen) atoms. The van der Waals surface area contributed by atoms with Crippen molar-refractivity contribution in [1.29, 1.82) is 0 Å². The number of benzene rings is 2. The first-order valence-electron chi connectivity index (χ1n) is 12.2. The molecule has 3 heterocycles. The second-order valence-electron chi connectivity index (χ2n) is 8.97. The number of hydrogen-bond donors (Lipinski definition) is 1. The van der Waals surface area contributed by atoms with Crippen LogP contribution in [0.1, 0.15) is 27.0 Å². The van der Waals surface area contributed by atoms with Crippen molar-refractivity contribution in [1.82, 2.24) is 19.9 Å². The fourth-order valence-electron chi connectivity index (χ4n) is 4.23. The summed E-state index contributed by atoms with van der Waals surface area (Å²) in [7, 11) is 0. The van der Waals surface area contributed by atoms with Gasteiger partial charge in [-0.3, -0.25) is 14.7 Å². The minimum Gasteiger partial charge on any atom is -0.379 e. The van der Waals surface area contributed by atoms with Crippen molar-refractivity contribution in [2.75, 3.05) is 31.6 Å². The number of morpholine rings is 1. The van der Waals surface area contributed by atoms with Crippen LogP contribution < -0.4 is 5.32 Å². The number of aromatic nitrogens is 3. The van der Waals surface area contributed by atoms with E-state index < -0.39 is 0 Å². The average Bonchev–Trinajstić information content (AvgIpc) is 2.92. The van der Waals surface area contributed by atoms with E-state index in [2.05, 4.69) is 37.3 Å². The number of hydrogen-bond acceptors (Lipinski definition) is 7. The number of Topliss-reactive ketones (excluding diaryl/α,β-unsaturated/α-hetero) is 1. The fourth-order valence-corrected chi connectivity index (χ4v) is 4.23. The smallest absolute Gasteiger partial charge is 0.227 e. The summed E-state index contributed by atoms with van der Waals surface area (Å²) in [5.41, 5.74) is 6.52. The van der Waals surface area contributed by atoms with Crippen molar-refractivity contribution in [2.24, 2.45) is 0 Å². The second kappa shape index (κ2) is 11.2. The number of carbonyl (C=O) groups excluding carboxylic acids is 1. The molecule has 1 aliphatic heterocycles. The van der Waals surface area contributed by atoms with Gasteiger partial charge in [0.05, 0.1) is 18.9 Å². The highest BCUT2D eigenvalue weighted by Crippen LogP contribution is 2.23. The molecule has 0 unspecified atom stereocenters. The molecule has 2 aromatic carbocycles. The Kier molecular flexibility index (Phi) is 7.40. The van der Waals surface area contributed by atoms with Gasteiger partial charge in [0.1, 0.15) is 0 Å². The van der Waals surface area contributed by atoms with Crippen LogP contribution in [0.4, 0.5) is 11.6 Å². The molecule has 2 aromatic heterocycles. The van der Waals surface area contributed by atoms with Gasteiger partial charge in [-0.25, -0.2) is 9.97 Å². The molecule has 4 aromatic rings. The molecule has 0 spiro atoms. The Labute approximate surface area is 211 Å². The lowest BCUT2D eigenvalue weighted by Gasteiger charge is -2.26. The summed E-state index contributed by atoms with van der Waals surface area (Å²) in [4.78, 5) is 28.5. The lowest BCUT2D eigenvalue weighted by atomic mass is 10.00. The van der Waals surface area contributed by atoms with Gasteiger partial charge in [-0.1, -0.05) is 36.4 Å². The Balaban J connectivity index is 1.25. The van der Waals surface area contributed by atoms with E-state index in [1.165, 1.54) is 5.56 Å². The van der Waals surface area contributed by atoms with E-state index in [4.69, 9.17) is 4.74 Å². The van der Waals surface area contributed by atoms with E-state index in [0.717, 1.165) is 66.5 Å². The number of ketones is 1. The van der Waals surface area contributed by atoms with Gasteiger partial charge in [0.25, 0.3) is 0 Å². The molecule has 0 aliphatic carbocycles. The van der Waals surface area contributed by atoms with E-state index in [9.17, 15) is 4.79 Å². The Hall–Kier alpha value is -3.94. The molecule has 0 bridgehead atoms. The molecule has 1 aliphatic rings. The predicted molar refractivity (Wildman–Crippen MR) is 140 cm³/mol. The van der Waals surface area contributed by atoms with Crippen molar-refractivity contribution < 1.29 is 9.53 Å². The number of ether oxygens (including phenoxy) is 1. The summed E-state index contributed by atoms with van der Waals surface area (Å²) in [5.74, 6) is 0.594. The highest BCUT2D eigenvalue weighted by atomic mass is 16.5. The summed E-state index contributed by atoms with van der Waals surface area (Å²) in [6, 6.07) is 19.7. The maximum Gasteiger partial charge on any atom is 0.227 e. The number of carbonyl (C=O) groups is 1. The van der Waals surface area contributed by atoms with E-state index in [1.807, 2.05) is 55.5 Å². The van der Waals surface area contributed by atoms with Gasteiger partial charge in [-0.05, 0) is 47.9 Å². The summed E-state index contributed by atoms with van der Waals surface area (Å²) in [6.45, 7) is 6.37. The summed E-state index contributed by atoms with van der Waals surface area (Å²) < 4.78 is 5.42. The van der Waals surface area contributed by atoms with Crippen LogP contribution in [-0.4, -0.2) is 51.9 Å². The van der Waals surface area contributed by atoms with Crippen LogP contribution in [0.15, 0.2) is 79.3 Å². The molecular formula is C29H29N5O2. The first kappa shape index (κ1) is 23.8. The summed E-state index contributed by atoms with van der Waals surface area (Å²) >= 11 is 0. The quantitative estimate of drug-likeness (QED) is 0.362. The fraction of sp³-hybridized carbons (Fsp3) is 0.241. The van der Waals surface area contributed by atoms with Crippen molar-refractivity contribution in [3.8, 4) is 11.3 Å². The highest BCUT2D eigenvalue weighted by Gasteiger charge is 2.13. The average molecular weight is 480 g/mol. The van der Waals surface area contributed by atoms with Crippen molar-refractivity contribution >= 4 is 17.4 Å². The normalized spacial score (nSPS) is 13.9. The third-order valence-corrected chi connectivity index (χ3v) is 6.31. The van der Waals surface area contributed by atoms with Gasteiger partial charge in [-0.2, -0.15) is 0 Å². The maximum atomic E-state index is 13.0. The molecular weight excluding hydrogens is 450 g/mol. The van der Waals surface area contributed by atoms with E-state index in [1.54, 1.807) is 18.6 Å². The predicted octanol–water partition coefficient (Wildman–Crippen LogP) is 4.85. The molecule has 182 valence electrons. The van der Waals surface area contributed by atoms with Gasteiger partial charge in [0.2, 0.25) is 5.95 Å². The number of nitrogens with zero attached hydrogens (tertiary/aromatic N) is 4. The molecule has 7 nitrogen and oxygen atoms in total. The van der Waals surface area contributed by atoms with Crippen LogP contribution in [0.25, 0.3) is 11.3 Å². The van der Waals surface area contributed by atoms with E-state index in [-0.39, 0.29) is 5.78 Å². The van der Waals surface area contributed by atoms with Gasteiger partial charge in [0, 0.05) is 61.5 Å². The molecule has 0 amide bonds. The zero-order valence-corrected chi connectivity index (χ0v) is 20.4. The topological polar surface area (TPSA) is 80.2 Å². The minimum absolute atomic E-state index is 0.0950. The third-order valence-electron chi connectivity index (χ3n) is 6.31. The molecule has 0 saturated carbocycles. The lowest BCUT2D eigenvalue weighted by Crippen LogP contribution is -2.35. The monoisotopic (exact) mass is 479 g/mol. The standard InChI is InChI=1S/C29H29N5O2/c1-21-4-5-23(17-27(21)33-29-31-12-10-26(32-29)25-3-2-11-30-19-25)18-28(35)24-8-6-22(7-9-24)20-34-13-15-36-16-14-34/h2-12,17,19H,13-16,18,20H2,1H3,(H,31,32,33). The van der Waals surface area contributed by atoms with Gasteiger partial charge in [-0.15, -0.1) is 0 Å². The zero-order valence-electron chi connectivity index (χ0n) is 20.4. The Morgan fingerprint density at radius 2 is 1.81 bits per heavy atom. The summed E-state index contributed by atoms with van der Waals surface area (Å²) in [5, 5.41) is 3.31. The Morgan fingerprint density at radius 3 is 2.58 bits per heavy atom. The molecule has 1 saturated heterocycles. The van der Waals surface area contributed by atoms with Gasteiger partial charge < -0.3 is 10.1 Å². The van der Waals surface area contributed by atoms with Crippen molar-refractivity contribution in [3.63, 3.8) is 0 Å². The number of anilines is 2. The molecule has 7 heteroatoms. The molecule has 1 fully saturated rings. The number of rotatable bonds is 8. The molecule has 5 rings (SSSR count). The Morgan fingerprint density at radius 1 is 1.00 bits per heavy atom. The van der Waals surface area contributed by atoms with E-state index >= 15 is 0 Å². The SMILES string of the molecule is Cc1ccc(CC(=O)c2ccc(CN3CCOCC3)cc2)cc1Nc1nccc(-c2cccnc2)n1. The zero-order chi connectivity index (χ0) is 24.7. The minimum atomic E-state index is 0.0950. The van der Waals surface area contributed by atoms with Crippen LogP contribution >= 0.6 is 0 Å². The number of pyridine rings is 1. The van der Waals surface area contributed by atoms with Crippen LogP contribution in [0, 0.1) is 6.92 Å². The first-order valence-corrected chi connectivity index (χ1v) is 12.2. The van der Waals surface area contributed by atoms with Gasteiger partial charge in [0.15, 0.2) is 5.78 Å². The van der Waals surface area contributed by atoms with Crippen LogP contribution in [0.3, 0.4) is 0 Å². The number of nitrogens with one attached hydrogen (secondary N) is 1. The largest absolute Gasteiger partial charge is 0.379 e. The van der Waals surface area contributed by atoms with Gasteiger partial charge >= 0.3 is 0 Å². The molecule has 0 radical (unpaired) electrons. The first-order chi connectivity index (χ1) is 17.6. The van der Waals surface area contributed by atoms with Crippen molar-refractivity contribution in [2.45, 2.75) is 19.9 Å². The highest BCUT2D eigenvalue weighted by molar-refractivity contribution is 5.97. The van der Waals surface area contributed by atoms with Crippen LogP contribution in [0.5, 0.6) is 0 Å². The Bertz CT molecular complexity index is 1320. The third kappa shape index (κ3) is 6.00. The maximum absolute atomic E-state index is 13.0. The lowest BCUT2D eigenvalue weighted by molar-refractivity contribution is 0.0342. The summed E-state index contributed by atoms with van der Waals surface area (Å²) in [6.07, 6.45) is 5.57. The van der Waals surface area contributed by atoms with Crippen molar-refractivity contribution in [3.05, 3.63) is 102 Å². The molecule has 0 atom stereocenters. The van der Waals surface area contributed by atoms with Crippen LogP contribution in [0.2, 0.25) is 0 Å². The van der Waals surface area contributed by atoms with E-state index in [0.29, 0.717) is 12.4 Å². The molecule has 1 N–H and O–H groups in total. The second-order valence-corrected chi connectivity index (χ2v) is 8.97. The van der Waals surface area contributed by atoms with Crippen LogP contribution in [-0.2, 0) is 17.7 Å².